The predicted octanol–water partition coefficient (Wildman–Crippen LogP) is 7.86. The molecule has 0 fully saturated rings. The van der Waals surface area contributed by atoms with Crippen LogP contribution in [0.15, 0.2) is 114 Å². The van der Waals surface area contributed by atoms with Crippen molar-refractivity contribution < 1.29 is 0 Å². The van der Waals surface area contributed by atoms with Crippen LogP contribution in [0.25, 0.3) is 75.2 Å². The predicted molar refractivity (Wildman–Crippen MR) is 161 cm³/mol. The van der Waals surface area contributed by atoms with Crippen LogP contribution in [0.4, 0.5) is 0 Å². The summed E-state index contributed by atoms with van der Waals surface area (Å²) in [4.78, 5) is 23.6. The lowest BCUT2D eigenvalue weighted by atomic mass is 10.1. The van der Waals surface area contributed by atoms with Crippen LogP contribution in [-0.4, -0.2) is 18.9 Å². The summed E-state index contributed by atoms with van der Waals surface area (Å²) in [7, 11) is 0. The number of para-hydroxylation sites is 2. The van der Waals surface area contributed by atoms with E-state index in [1.807, 2.05) is 48.5 Å². The van der Waals surface area contributed by atoms with Crippen molar-refractivity contribution in [1.29, 1.82) is 0 Å². The molecule has 0 spiro atoms. The fourth-order valence-electron chi connectivity index (χ4n) is 6.14. The van der Waals surface area contributed by atoms with E-state index >= 15 is 0 Å². The monoisotopic (exact) mass is 518 g/mol. The molecule has 0 aliphatic rings. The van der Waals surface area contributed by atoms with Crippen LogP contribution >= 0.6 is 11.3 Å². The lowest BCUT2D eigenvalue weighted by Gasteiger charge is -2.12. The summed E-state index contributed by atoms with van der Waals surface area (Å²) < 4.78 is 6.11. The van der Waals surface area contributed by atoms with Crippen molar-refractivity contribution >= 4 is 80.6 Å². The van der Waals surface area contributed by atoms with Gasteiger partial charge in [0.25, 0.3) is 0 Å². The third-order valence-electron chi connectivity index (χ3n) is 7.79. The molecule has 0 aliphatic heterocycles. The quantitative estimate of drug-likeness (QED) is 0.208. The van der Waals surface area contributed by atoms with E-state index in [1.165, 1.54) is 15.5 Å². The maximum atomic E-state index is 13.8. The van der Waals surface area contributed by atoms with Crippen molar-refractivity contribution in [3.8, 4) is 5.95 Å². The molecule has 0 saturated carbocycles. The first kappa shape index (κ1) is 20.9. The van der Waals surface area contributed by atoms with Crippen molar-refractivity contribution in [2.75, 3.05) is 0 Å². The summed E-state index contributed by atoms with van der Waals surface area (Å²) in [6.07, 6.45) is 0. The van der Waals surface area contributed by atoms with E-state index in [0.29, 0.717) is 11.6 Å². The van der Waals surface area contributed by atoms with Gasteiger partial charge in [-0.25, -0.2) is 9.20 Å². The van der Waals surface area contributed by atoms with Gasteiger partial charge in [-0.15, -0.1) is 11.3 Å². The van der Waals surface area contributed by atoms with Crippen LogP contribution in [0.1, 0.15) is 0 Å². The first-order valence-electron chi connectivity index (χ1n) is 12.8. The van der Waals surface area contributed by atoms with Gasteiger partial charge in [0.2, 0.25) is 5.95 Å². The van der Waals surface area contributed by atoms with Crippen LogP contribution < -0.4 is 5.69 Å². The highest BCUT2D eigenvalue weighted by Gasteiger charge is 2.21. The van der Waals surface area contributed by atoms with E-state index in [-0.39, 0.29) is 5.69 Å². The lowest BCUT2D eigenvalue weighted by Crippen LogP contribution is -2.22. The number of hydrogen-bond donors (Lipinski definition) is 0. The van der Waals surface area contributed by atoms with Crippen molar-refractivity contribution in [3.63, 3.8) is 0 Å². The fourth-order valence-corrected chi connectivity index (χ4v) is 7.38. The second kappa shape index (κ2) is 7.49. The van der Waals surface area contributed by atoms with E-state index in [1.54, 1.807) is 15.7 Å². The molecule has 0 atom stereocenters. The molecule has 9 aromatic rings. The van der Waals surface area contributed by atoms with E-state index < -0.39 is 0 Å². The topological polar surface area (TPSA) is 52.2 Å². The average molecular weight is 519 g/mol. The lowest BCUT2D eigenvalue weighted by molar-refractivity contribution is 0.907. The molecule has 182 valence electrons. The molecule has 5 aromatic carbocycles. The van der Waals surface area contributed by atoms with E-state index in [9.17, 15) is 4.79 Å². The number of hydrogen-bond acceptors (Lipinski definition) is 4. The standard InChI is InChI=1S/C33H18N4OS/c38-33-35-32(34-31-25-13-2-1-9-19(25)20-10-3-7-15-27(20)37(31)33)36-26-14-6-4-11-21(26)23-17-18-24-22-12-5-8-16-28(22)39-30(24)29(23)36/h1-18H. The Morgan fingerprint density at radius 2 is 1.15 bits per heavy atom. The van der Waals surface area contributed by atoms with Gasteiger partial charge >= 0.3 is 5.69 Å². The van der Waals surface area contributed by atoms with Gasteiger partial charge in [-0.3, -0.25) is 4.57 Å². The van der Waals surface area contributed by atoms with Crippen LogP contribution in [0.3, 0.4) is 0 Å². The largest absolute Gasteiger partial charge is 0.357 e. The third-order valence-corrected chi connectivity index (χ3v) is 8.98. The van der Waals surface area contributed by atoms with Crippen LogP contribution in [0, 0.1) is 0 Å². The van der Waals surface area contributed by atoms with Gasteiger partial charge in [-0.2, -0.15) is 9.97 Å². The summed E-state index contributed by atoms with van der Waals surface area (Å²) in [6.45, 7) is 0. The Bertz CT molecular complexity index is 2540. The highest BCUT2D eigenvalue weighted by atomic mass is 32.1. The molecule has 4 aromatic heterocycles. The SMILES string of the molecule is O=c1nc(-n2c3ccccc3c3ccc4c5ccccc5sc4c32)nc2c3ccccc3c3ccccc3n12. The smallest absolute Gasteiger partial charge is 0.276 e. The Labute approximate surface area is 224 Å². The van der Waals surface area contributed by atoms with Crippen molar-refractivity contribution in [2.24, 2.45) is 0 Å². The van der Waals surface area contributed by atoms with E-state index in [0.717, 1.165) is 48.2 Å². The summed E-state index contributed by atoms with van der Waals surface area (Å²) in [5.41, 5.74) is 3.08. The molecule has 0 saturated heterocycles. The second-order valence-corrected chi connectivity index (χ2v) is 10.9. The van der Waals surface area contributed by atoms with Crippen LogP contribution in [-0.2, 0) is 0 Å². The molecular weight excluding hydrogens is 500 g/mol. The molecule has 5 nitrogen and oxygen atoms in total. The van der Waals surface area contributed by atoms with Crippen molar-refractivity contribution in [3.05, 3.63) is 120 Å². The number of rotatable bonds is 1. The summed E-state index contributed by atoms with van der Waals surface area (Å²) >= 11 is 1.77. The minimum Gasteiger partial charge on any atom is -0.276 e. The number of benzene rings is 5. The Hall–Kier alpha value is -5.07. The zero-order chi connectivity index (χ0) is 25.7. The molecule has 9 rings (SSSR count). The van der Waals surface area contributed by atoms with Gasteiger partial charge in [0.15, 0.2) is 5.65 Å². The number of thiophene rings is 1. The Kier molecular flexibility index (Phi) is 4.02. The van der Waals surface area contributed by atoms with Gasteiger partial charge in [-0.1, -0.05) is 91.0 Å². The molecule has 0 aliphatic carbocycles. The Morgan fingerprint density at radius 3 is 1.97 bits per heavy atom. The third kappa shape index (κ3) is 2.70. The fraction of sp³-hybridized carbons (Fsp3) is 0. The normalized spacial score (nSPS) is 12.2. The summed E-state index contributed by atoms with van der Waals surface area (Å²) in [6, 6.07) is 37.3. The first-order chi connectivity index (χ1) is 19.3. The van der Waals surface area contributed by atoms with Crippen molar-refractivity contribution in [1.82, 2.24) is 18.9 Å². The van der Waals surface area contributed by atoms with Gasteiger partial charge < -0.3 is 0 Å². The first-order valence-corrected chi connectivity index (χ1v) is 13.6. The second-order valence-electron chi connectivity index (χ2n) is 9.82. The summed E-state index contributed by atoms with van der Waals surface area (Å²) in [5.74, 6) is 0.386. The highest BCUT2D eigenvalue weighted by Crippen LogP contribution is 2.42. The molecule has 0 bridgehead atoms. The zero-order valence-corrected chi connectivity index (χ0v) is 21.3. The van der Waals surface area contributed by atoms with E-state index in [4.69, 9.17) is 4.98 Å². The minimum atomic E-state index is -0.341. The number of aromatic nitrogens is 4. The molecule has 0 amide bonds. The molecule has 39 heavy (non-hydrogen) atoms. The Balaban J connectivity index is 1.51. The van der Waals surface area contributed by atoms with Crippen molar-refractivity contribution in [2.45, 2.75) is 0 Å². The molecule has 6 heteroatoms. The maximum absolute atomic E-state index is 13.8. The van der Waals surface area contributed by atoms with Crippen LogP contribution in [0.5, 0.6) is 0 Å². The molecule has 4 heterocycles. The minimum absolute atomic E-state index is 0.341. The van der Waals surface area contributed by atoms with E-state index in [2.05, 4.69) is 70.2 Å². The zero-order valence-electron chi connectivity index (χ0n) is 20.5. The van der Waals surface area contributed by atoms with Gasteiger partial charge in [0.05, 0.1) is 21.3 Å². The molecular formula is C33H18N4OS. The van der Waals surface area contributed by atoms with Gasteiger partial charge in [0.1, 0.15) is 0 Å². The van der Waals surface area contributed by atoms with Gasteiger partial charge in [-0.05, 0) is 23.6 Å². The Morgan fingerprint density at radius 1 is 0.538 bits per heavy atom. The molecule has 0 N–H and O–H groups in total. The maximum Gasteiger partial charge on any atom is 0.357 e. The van der Waals surface area contributed by atoms with Gasteiger partial charge in [0, 0.05) is 37.0 Å². The number of nitrogens with zero attached hydrogens (tertiary/aromatic N) is 4. The number of fused-ring (bicyclic) bond motifs is 13. The molecule has 0 unspecified atom stereocenters. The average Bonchev–Trinajstić information content (AvgIpc) is 3.53. The van der Waals surface area contributed by atoms with Crippen LogP contribution in [0.2, 0.25) is 0 Å². The highest BCUT2D eigenvalue weighted by molar-refractivity contribution is 7.26. The number of pyridine rings is 1. The summed E-state index contributed by atoms with van der Waals surface area (Å²) in [5, 5.41) is 7.64. The molecule has 0 radical (unpaired) electrons.